The Morgan fingerprint density at radius 2 is 1.02 bits per heavy atom. The summed E-state index contributed by atoms with van der Waals surface area (Å²) in [6.45, 7) is 38.2. The van der Waals surface area contributed by atoms with Crippen LogP contribution >= 0.6 is 0 Å². The van der Waals surface area contributed by atoms with Gasteiger partial charge in [-0.2, -0.15) is 0 Å². The van der Waals surface area contributed by atoms with Gasteiger partial charge in [0, 0.05) is 26.2 Å². The summed E-state index contributed by atoms with van der Waals surface area (Å²) in [6, 6.07) is 20.0. The Balaban J connectivity index is 1.50. The first kappa shape index (κ1) is 46.0. The molecular weight excluding hydrogens is 821 g/mol. The third-order valence-corrected chi connectivity index (χ3v) is 26.0. The lowest BCUT2D eigenvalue weighted by Crippen LogP contribution is -2.65. The van der Waals surface area contributed by atoms with Gasteiger partial charge in [0.25, 0.3) is 5.91 Å². The first-order valence-electron chi connectivity index (χ1n) is 21.2. The lowest BCUT2D eigenvalue weighted by atomic mass is 9.82. The standard InChI is InChI=1S/C42H72N6O4Si6/c1-53(2,3)43-28-20-29-45(39(43)50)57(13,14)33-35-27-30-44(54(4,5)6)40(51)46(31-35)58(15,16)32-34-23-25-37(26-24-34)42(36-21-18-17-19-22-36)38(49)47(55(7,8)9)41(52)48(42)56(10,11)12/h17-19,21-27H,20,28-33H2,1-16H3. The molecule has 5 rings (SSSR count). The summed E-state index contributed by atoms with van der Waals surface area (Å²) in [6.07, 6.45) is 3.31. The summed E-state index contributed by atoms with van der Waals surface area (Å²) < 4.78 is 12.3. The van der Waals surface area contributed by atoms with Gasteiger partial charge in [-0.25, -0.2) is 4.79 Å². The molecule has 7 amide bonds. The number of urea groups is 3. The molecule has 1 unspecified atom stereocenters. The monoisotopic (exact) mass is 892 g/mol. The summed E-state index contributed by atoms with van der Waals surface area (Å²) >= 11 is 0. The van der Waals surface area contributed by atoms with E-state index in [1.54, 1.807) is 4.57 Å². The van der Waals surface area contributed by atoms with Crippen LogP contribution in [0.15, 0.2) is 66.2 Å². The zero-order valence-corrected chi connectivity index (χ0v) is 44.5. The molecule has 2 fully saturated rings. The highest BCUT2D eigenvalue weighted by molar-refractivity contribution is 6.82. The van der Waals surface area contributed by atoms with Crippen LogP contribution in [-0.2, 0) is 16.4 Å². The topological polar surface area (TPSA) is 87.7 Å². The van der Waals surface area contributed by atoms with Crippen molar-refractivity contribution < 1.29 is 19.2 Å². The fourth-order valence-electron chi connectivity index (χ4n) is 9.28. The highest BCUT2D eigenvalue weighted by Crippen LogP contribution is 2.47. The van der Waals surface area contributed by atoms with Crippen LogP contribution in [0, 0.1) is 0 Å². The number of hydrogen-bond acceptors (Lipinski definition) is 4. The molecule has 0 radical (unpaired) electrons. The number of carbonyl (C=O) groups excluding carboxylic acids is 4. The van der Waals surface area contributed by atoms with E-state index in [2.05, 4.69) is 153 Å². The van der Waals surface area contributed by atoms with Crippen molar-refractivity contribution in [1.29, 1.82) is 0 Å². The number of carbonyl (C=O) groups is 4. The van der Waals surface area contributed by atoms with E-state index in [0.717, 1.165) is 48.3 Å². The maximum atomic E-state index is 15.0. The number of amides is 7. The van der Waals surface area contributed by atoms with Gasteiger partial charge in [-0.3, -0.25) is 18.9 Å². The van der Waals surface area contributed by atoms with Crippen molar-refractivity contribution in [2.45, 2.75) is 129 Å². The summed E-state index contributed by atoms with van der Waals surface area (Å²) in [5, 5.41) is 0. The molecule has 3 heterocycles. The van der Waals surface area contributed by atoms with E-state index in [1.165, 1.54) is 5.57 Å². The second-order valence-electron chi connectivity index (χ2n) is 22.0. The lowest BCUT2D eigenvalue weighted by molar-refractivity contribution is -0.128. The Kier molecular flexibility index (Phi) is 12.5. The second kappa shape index (κ2) is 15.8. The Labute approximate surface area is 356 Å². The van der Waals surface area contributed by atoms with Gasteiger partial charge in [0.2, 0.25) is 0 Å². The molecule has 16 heteroatoms. The average molecular weight is 894 g/mol. The molecule has 318 valence electrons. The first-order chi connectivity index (χ1) is 26.5. The van der Waals surface area contributed by atoms with Crippen molar-refractivity contribution in [2.75, 3.05) is 26.2 Å². The minimum Gasteiger partial charge on any atom is -0.353 e. The van der Waals surface area contributed by atoms with Crippen molar-refractivity contribution in [2.24, 2.45) is 0 Å². The van der Waals surface area contributed by atoms with Crippen LogP contribution < -0.4 is 0 Å². The van der Waals surface area contributed by atoms with Gasteiger partial charge in [-0.1, -0.05) is 171 Å². The molecule has 0 saturated carbocycles. The third kappa shape index (κ3) is 8.73. The fourth-order valence-corrected chi connectivity index (χ4v) is 21.6. The molecule has 0 aromatic heterocycles. The average Bonchev–Trinajstić information content (AvgIpc) is 3.20. The molecular formula is C42H72N6O4Si6. The highest BCUT2D eigenvalue weighted by atomic mass is 28.3. The predicted molar refractivity (Wildman–Crippen MR) is 255 cm³/mol. The van der Waals surface area contributed by atoms with Crippen LogP contribution in [0.5, 0.6) is 0 Å². The van der Waals surface area contributed by atoms with E-state index in [-0.39, 0.29) is 24.0 Å². The Morgan fingerprint density at radius 1 is 0.517 bits per heavy atom. The Bertz CT molecular complexity index is 1930. The van der Waals surface area contributed by atoms with E-state index in [4.69, 9.17) is 0 Å². The zero-order valence-electron chi connectivity index (χ0n) is 38.5. The van der Waals surface area contributed by atoms with Gasteiger partial charge in [-0.15, -0.1) is 0 Å². The van der Waals surface area contributed by atoms with Crippen LogP contribution in [0.3, 0.4) is 0 Å². The quantitative estimate of drug-likeness (QED) is 0.121. The number of nitrogens with zero attached hydrogens (tertiary/aromatic N) is 6. The maximum Gasteiger partial charge on any atom is 0.311 e. The molecule has 3 aliphatic heterocycles. The van der Waals surface area contributed by atoms with Crippen molar-refractivity contribution in [1.82, 2.24) is 27.4 Å². The van der Waals surface area contributed by atoms with Crippen LogP contribution in [-0.4, -0.2) is 127 Å². The molecule has 0 bridgehead atoms. The van der Waals surface area contributed by atoms with Crippen molar-refractivity contribution in [3.05, 3.63) is 82.9 Å². The third-order valence-electron chi connectivity index (χ3n) is 12.1. The Hall–Kier alpha value is -3.04. The number of imide groups is 1. The Morgan fingerprint density at radius 3 is 1.53 bits per heavy atom. The molecule has 2 aromatic rings. The first-order valence-corrected chi connectivity index (χ1v) is 41.3. The van der Waals surface area contributed by atoms with E-state index < -0.39 is 55.0 Å². The maximum absolute atomic E-state index is 15.0. The number of rotatable bonds is 12. The van der Waals surface area contributed by atoms with E-state index in [0.29, 0.717) is 13.1 Å². The van der Waals surface area contributed by atoms with Crippen molar-refractivity contribution in [3.63, 3.8) is 0 Å². The van der Waals surface area contributed by atoms with Crippen LogP contribution in [0.25, 0.3) is 0 Å². The van der Waals surface area contributed by atoms with E-state index >= 15 is 4.79 Å². The van der Waals surface area contributed by atoms with Crippen molar-refractivity contribution >= 4 is 73.4 Å². The predicted octanol–water partition coefficient (Wildman–Crippen LogP) is 9.82. The molecule has 2 aromatic carbocycles. The van der Waals surface area contributed by atoms with Crippen LogP contribution in [0.1, 0.15) is 23.1 Å². The van der Waals surface area contributed by atoms with Gasteiger partial charge in [0.15, 0.2) is 55.0 Å². The van der Waals surface area contributed by atoms with Crippen molar-refractivity contribution in [3.8, 4) is 0 Å². The number of hydrogen-bond donors (Lipinski definition) is 0. The van der Waals surface area contributed by atoms with E-state index in [1.807, 2.05) is 34.9 Å². The summed E-state index contributed by atoms with van der Waals surface area (Å²) in [7, 11) is -13.4. The molecule has 2 saturated heterocycles. The molecule has 0 aliphatic carbocycles. The minimum absolute atomic E-state index is 0.132. The van der Waals surface area contributed by atoms with E-state index in [9.17, 15) is 14.4 Å². The molecule has 1 atom stereocenters. The van der Waals surface area contributed by atoms with Gasteiger partial charge >= 0.3 is 18.1 Å². The summed E-state index contributed by atoms with van der Waals surface area (Å²) in [4.78, 5) is 58.2. The molecule has 0 spiro atoms. The van der Waals surface area contributed by atoms with Crippen LogP contribution in [0.2, 0.25) is 111 Å². The van der Waals surface area contributed by atoms with Gasteiger partial charge in [0.1, 0.15) is 0 Å². The summed E-state index contributed by atoms with van der Waals surface area (Å²) in [5.74, 6) is -0.153. The van der Waals surface area contributed by atoms with Gasteiger partial charge in [-0.05, 0) is 35.2 Å². The highest BCUT2D eigenvalue weighted by Gasteiger charge is 2.64. The largest absolute Gasteiger partial charge is 0.353 e. The lowest BCUT2D eigenvalue weighted by Gasteiger charge is -2.48. The fraction of sp³-hybridized carbons (Fsp3) is 0.571. The zero-order chi connectivity index (χ0) is 43.6. The van der Waals surface area contributed by atoms with Gasteiger partial charge in [0.05, 0.1) is 0 Å². The summed E-state index contributed by atoms with van der Waals surface area (Å²) in [5.41, 5.74) is 2.74. The molecule has 58 heavy (non-hydrogen) atoms. The molecule has 10 nitrogen and oxygen atoms in total. The minimum atomic E-state index is -2.47. The molecule has 0 N–H and O–H groups in total. The number of benzene rings is 2. The smallest absolute Gasteiger partial charge is 0.311 e. The second-order valence-corrected chi connectivity index (χ2v) is 50.4. The SMILES string of the molecule is C[Si](C)(C)N1CCCN([Si](C)(C)CC2=CCN([Si](C)(C)C)C(=O)N([Si](C)(C)Cc3ccc(C4(c5ccccc5)C(=O)N([Si](C)(C)C)C(=O)N4[Si](C)(C)C)cc3)C2)C1=O. The van der Waals surface area contributed by atoms with Crippen LogP contribution in [0.4, 0.5) is 14.4 Å². The molecule has 3 aliphatic rings. The van der Waals surface area contributed by atoms with Gasteiger partial charge < -0.3 is 22.8 Å². The normalized spacial score (nSPS) is 21.0.